The summed E-state index contributed by atoms with van der Waals surface area (Å²) in [7, 11) is 0. The number of rotatable bonds is 6. The van der Waals surface area contributed by atoms with Crippen molar-refractivity contribution in [3.8, 4) is 0 Å². The molecule has 2 aliphatic heterocycles. The third-order valence-corrected chi connectivity index (χ3v) is 3.86. The molecule has 0 aromatic carbocycles. The monoisotopic (exact) mass is 284 g/mol. The number of carbonyl (C=O) groups excluding carboxylic acids is 2. The summed E-state index contributed by atoms with van der Waals surface area (Å²) in [6.45, 7) is 7.84. The van der Waals surface area contributed by atoms with Crippen molar-refractivity contribution in [3.63, 3.8) is 0 Å². The molecular formula is C14H24N2O4. The van der Waals surface area contributed by atoms with Gasteiger partial charge in [-0.3, -0.25) is 19.4 Å². The molecule has 6 nitrogen and oxygen atoms in total. The fourth-order valence-electron chi connectivity index (χ4n) is 2.87. The highest BCUT2D eigenvalue weighted by Crippen LogP contribution is 2.16. The van der Waals surface area contributed by atoms with Gasteiger partial charge in [-0.2, -0.15) is 0 Å². The van der Waals surface area contributed by atoms with Crippen molar-refractivity contribution >= 4 is 11.8 Å². The van der Waals surface area contributed by atoms with Crippen LogP contribution in [-0.4, -0.2) is 80.1 Å². The van der Waals surface area contributed by atoms with Crippen LogP contribution in [0, 0.1) is 0 Å². The lowest BCUT2D eigenvalue weighted by Gasteiger charge is -2.32. The quantitative estimate of drug-likeness (QED) is 0.502. The summed E-state index contributed by atoms with van der Waals surface area (Å²) >= 11 is 0. The Morgan fingerprint density at radius 1 is 1.25 bits per heavy atom. The van der Waals surface area contributed by atoms with Gasteiger partial charge in [0.2, 0.25) is 0 Å². The molecule has 0 radical (unpaired) electrons. The van der Waals surface area contributed by atoms with Crippen LogP contribution in [0.1, 0.15) is 19.8 Å². The third kappa shape index (κ3) is 4.54. The van der Waals surface area contributed by atoms with Crippen LogP contribution in [0.15, 0.2) is 0 Å². The number of likely N-dealkylation sites (tertiary alicyclic amines) is 1. The van der Waals surface area contributed by atoms with E-state index in [0.29, 0.717) is 19.2 Å². The van der Waals surface area contributed by atoms with Gasteiger partial charge in [-0.05, 0) is 13.3 Å². The lowest BCUT2D eigenvalue weighted by molar-refractivity contribution is -0.145. The SMILES string of the molecule is CCOC(=O)CC(=O)CN1CCC(N2CCOCC2)C1. The normalized spacial score (nSPS) is 24.8. The molecular weight excluding hydrogens is 260 g/mol. The maximum Gasteiger partial charge on any atom is 0.313 e. The number of ketones is 1. The van der Waals surface area contributed by atoms with Gasteiger partial charge in [-0.25, -0.2) is 0 Å². The third-order valence-electron chi connectivity index (χ3n) is 3.86. The highest BCUT2D eigenvalue weighted by atomic mass is 16.5. The van der Waals surface area contributed by atoms with E-state index in [4.69, 9.17) is 9.47 Å². The van der Waals surface area contributed by atoms with Crippen molar-refractivity contribution in [3.05, 3.63) is 0 Å². The van der Waals surface area contributed by atoms with E-state index in [1.54, 1.807) is 6.92 Å². The van der Waals surface area contributed by atoms with Gasteiger partial charge in [0.25, 0.3) is 0 Å². The first-order chi connectivity index (χ1) is 9.69. The van der Waals surface area contributed by atoms with E-state index < -0.39 is 5.97 Å². The lowest BCUT2D eigenvalue weighted by atomic mass is 10.2. The molecule has 2 aliphatic rings. The molecule has 0 aliphatic carbocycles. The van der Waals surface area contributed by atoms with Gasteiger partial charge >= 0.3 is 5.97 Å². The van der Waals surface area contributed by atoms with Crippen molar-refractivity contribution in [2.75, 3.05) is 52.5 Å². The fourth-order valence-corrected chi connectivity index (χ4v) is 2.87. The minimum Gasteiger partial charge on any atom is -0.466 e. The molecule has 2 heterocycles. The molecule has 2 rings (SSSR count). The molecule has 0 saturated carbocycles. The second kappa shape index (κ2) is 7.71. The van der Waals surface area contributed by atoms with Gasteiger partial charge in [0.15, 0.2) is 5.78 Å². The molecule has 20 heavy (non-hydrogen) atoms. The summed E-state index contributed by atoms with van der Waals surface area (Å²) in [4.78, 5) is 27.6. The van der Waals surface area contributed by atoms with Crippen molar-refractivity contribution in [2.45, 2.75) is 25.8 Å². The molecule has 0 amide bonds. The minimum atomic E-state index is -0.415. The highest BCUT2D eigenvalue weighted by Gasteiger charge is 2.29. The van der Waals surface area contributed by atoms with Crippen LogP contribution in [-0.2, 0) is 19.1 Å². The van der Waals surface area contributed by atoms with E-state index in [9.17, 15) is 9.59 Å². The smallest absolute Gasteiger partial charge is 0.313 e. The van der Waals surface area contributed by atoms with Crippen LogP contribution in [0.25, 0.3) is 0 Å². The zero-order valence-electron chi connectivity index (χ0n) is 12.2. The highest BCUT2D eigenvalue weighted by molar-refractivity contribution is 5.96. The molecule has 1 unspecified atom stereocenters. The maximum absolute atomic E-state index is 11.8. The van der Waals surface area contributed by atoms with Crippen LogP contribution in [0.2, 0.25) is 0 Å². The second-order valence-electron chi connectivity index (χ2n) is 5.35. The van der Waals surface area contributed by atoms with Crippen LogP contribution in [0.3, 0.4) is 0 Å². The largest absolute Gasteiger partial charge is 0.466 e. The average molecular weight is 284 g/mol. The Labute approximate surface area is 120 Å². The average Bonchev–Trinajstić information content (AvgIpc) is 2.88. The van der Waals surface area contributed by atoms with Crippen molar-refractivity contribution < 1.29 is 19.1 Å². The minimum absolute atomic E-state index is 0.0499. The number of nitrogens with zero attached hydrogens (tertiary/aromatic N) is 2. The Morgan fingerprint density at radius 2 is 2.00 bits per heavy atom. The number of hydrogen-bond donors (Lipinski definition) is 0. The number of morpholine rings is 1. The molecule has 0 spiro atoms. The van der Waals surface area contributed by atoms with Crippen LogP contribution in [0.5, 0.6) is 0 Å². The van der Waals surface area contributed by atoms with E-state index in [1.165, 1.54) is 0 Å². The first-order valence-electron chi connectivity index (χ1n) is 7.40. The number of carbonyl (C=O) groups is 2. The van der Waals surface area contributed by atoms with Crippen molar-refractivity contribution in [2.24, 2.45) is 0 Å². The Bertz CT molecular complexity index is 342. The Balaban J connectivity index is 1.70. The summed E-state index contributed by atoms with van der Waals surface area (Å²) in [6, 6.07) is 0.522. The molecule has 0 aromatic heterocycles. The van der Waals surface area contributed by atoms with E-state index in [0.717, 1.165) is 45.8 Å². The molecule has 2 fully saturated rings. The summed E-state index contributed by atoms with van der Waals surface area (Å²) in [5.74, 6) is -0.465. The first-order valence-corrected chi connectivity index (χ1v) is 7.40. The van der Waals surface area contributed by atoms with E-state index in [-0.39, 0.29) is 12.2 Å². The van der Waals surface area contributed by atoms with Gasteiger partial charge in [-0.1, -0.05) is 0 Å². The summed E-state index contributed by atoms with van der Waals surface area (Å²) in [5.41, 5.74) is 0. The fraction of sp³-hybridized carbons (Fsp3) is 0.857. The number of ether oxygens (including phenoxy) is 2. The molecule has 0 aromatic rings. The zero-order valence-corrected chi connectivity index (χ0v) is 12.2. The number of hydrogen-bond acceptors (Lipinski definition) is 6. The van der Waals surface area contributed by atoms with E-state index in [2.05, 4.69) is 9.80 Å². The predicted octanol–water partition coefficient (Wildman–Crippen LogP) is -0.0848. The zero-order chi connectivity index (χ0) is 14.4. The van der Waals surface area contributed by atoms with Gasteiger partial charge in [0, 0.05) is 32.2 Å². The standard InChI is InChI=1S/C14H24N2O4/c1-2-20-14(18)9-13(17)11-15-4-3-12(10-15)16-5-7-19-8-6-16/h12H,2-11H2,1H3. The van der Waals surface area contributed by atoms with Gasteiger partial charge in [0.1, 0.15) is 6.42 Å². The number of Topliss-reactive ketones (excluding diaryl/α,β-unsaturated/α-hetero) is 1. The van der Waals surface area contributed by atoms with Crippen molar-refractivity contribution in [1.29, 1.82) is 0 Å². The van der Waals surface area contributed by atoms with Crippen LogP contribution < -0.4 is 0 Å². The van der Waals surface area contributed by atoms with Gasteiger partial charge in [0.05, 0.1) is 26.4 Å². The van der Waals surface area contributed by atoms with Gasteiger partial charge in [-0.15, -0.1) is 0 Å². The molecule has 1 atom stereocenters. The van der Waals surface area contributed by atoms with Crippen LogP contribution in [0.4, 0.5) is 0 Å². The Kier molecular flexibility index (Phi) is 5.94. The van der Waals surface area contributed by atoms with E-state index >= 15 is 0 Å². The topological polar surface area (TPSA) is 59.1 Å². The van der Waals surface area contributed by atoms with E-state index in [1.807, 2.05) is 0 Å². The molecule has 0 bridgehead atoms. The lowest BCUT2D eigenvalue weighted by Crippen LogP contribution is -2.45. The van der Waals surface area contributed by atoms with Crippen molar-refractivity contribution in [1.82, 2.24) is 9.80 Å². The summed E-state index contributed by atoms with van der Waals surface area (Å²) in [6.07, 6.45) is 0.985. The van der Waals surface area contributed by atoms with Crippen LogP contribution >= 0.6 is 0 Å². The molecule has 2 saturated heterocycles. The molecule has 114 valence electrons. The molecule has 6 heteroatoms. The summed E-state index contributed by atoms with van der Waals surface area (Å²) < 4.78 is 10.1. The second-order valence-corrected chi connectivity index (χ2v) is 5.35. The molecule has 0 N–H and O–H groups in total. The number of esters is 1. The Hall–Kier alpha value is -0.980. The van der Waals surface area contributed by atoms with Gasteiger partial charge < -0.3 is 9.47 Å². The first kappa shape index (κ1) is 15.4. The maximum atomic E-state index is 11.8. The Morgan fingerprint density at radius 3 is 2.70 bits per heavy atom. The predicted molar refractivity (Wildman–Crippen MR) is 73.5 cm³/mol. The summed E-state index contributed by atoms with van der Waals surface area (Å²) in [5, 5.41) is 0.